The number of amides is 1. The van der Waals surface area contributed by atoms with E-state index in [-0.39, 0.29) is 18.0 Å². The Morgan fingerprint density at radius 3 is 2.26 bits per heavy atom. The molecule has 0 aliphatic rings. The predicted molar refractivity (Wildman–Crippen MR) is 105 cm³/mol. The van der Waals surface area contributed by atoms with Gasteiger partial charge in [-0.25, -0.2) is 4.79 Å². The largest absolute Gasteiger partial charge is 0.493 e. The van der Waals surface area contributed by atoms with Crippen LogP contribution in [0.5, 0.6) is 11.5 Å². The highest BCUT2D eigenvalue weighted by Crippen LogP contribution is 2.28. The molecule has 3 rings (SSSR count). The molecule has 0 aliphatic carbocycles. The molecule has 1 N–H and O–H groups in total. The van der Waals surface area contributed by atoms with E-state index in [0.717, 1.165) is 22.2 Å². The van der Waals surface area contributed by atoms with E-state index >= 15 is 0 Å². The molecule has 0 aliphatic heterocycles. The number of nitrogens with one attached hydrogen (secondary N) is 1. The van der Waals surface area contributed by atoms with Gasteiger partial charge in [0.1, 0.15) is 0 Å². The van der Waals surface area contributed by atoms with Gasteiger partial charge in [0.05, 0.1) is 31.7 Å². The summed E-state index contributed by atoms with van der Waals surface area (Å²) < 4.78 is 13.7. The van der Waals surface area contributed by atoms with Gasteiger partial charge in [-0.1, -0.05) is 6.07 Å². The molecular formula is C20H23N3O4. The number of aryl methyl sites for hydroxylation is 3. The number of aromatic nitrogens is 2. The topological polar surface area (TPSA) is 74.5 Å². The number of benzene rings is 2. The standard InChI is InChI=1S/C20H23N3O4/c1-12-8-15-16(23(3)20(25)22(15)2)11-14(12)21-19(24)10-13-6-7-17(26-4)18(9-13)27-5/h6-9,11H,10H2,1-5H3,(H,21,24). The molecule has 1 aromatic heterocycles. The number of carbonyl (C=O) groups excluding carboxylic acids is 1. The Hall–Kier alpha value is -3.22. The molecule has 0 bridgehead atoms. The van der Waals surface area contributed by atoms with Crippen LogP contribution in [0, 0.1) is 6.92 Å². The van der Waals surface area contributed by atoms with Gasteiger partial charge < -0.3 is 14.8 Å². The molecule has 0 unspecified atom stereocenters. The fourth-order valence-corrected chi connectivity index (χ4v) is 3.15. The number of rotatable bonds is 5. The second kappa shape index (κ2) is 7.19. The van der Waals surface area contributed by atoms with Crippen LogP contribution in [-0.2, 0) is 25.3 Å². The van der Waals surface area contributed by atoms with E-state index in [4.69, 9.17) is 9.47 Å². The normalized spacial score (nSPS) is 10.9. The molecule has 27 heavy (non-hydrogen) atoms. The van der Waals surface area contributed by atoms with Gasteiger partial charge in [0.25, 0.3) is 0 Å². The van der Waals surface area contributed by atoms with Crippen LogP contribution in [0.2, 0.25) is 0 Å². The first-order valence-electron chi connectivity index (χ1n) is 8.52. The van der Waals surface area contributed by atoms with Crippen LogP contribution in [0.1, 0.15) is 11.1 Å². The smallest absolute Gasteiger partial charge is 0.328 e. The van der Waals surface area contributed by atoms with Gasteiger partial charge in [-0.3, -0.25) is 13.9 Å². The number of hydrogen-bond acceptors (Lipinski definition) is 4. The fraction of sp³-hybridized carbons (Fsp3) is 0.300. The summed E-state index contributed by atoms with van der Waals surface area (Å²) in [5.74, 6) is 1.05. The van der Waals surface area contributed by atoms with Crippen molar-refractivity contribution >= 4 is 22.6 Å². The second-order valence-electron chi connectivity index (χ2n) is 6.47. The zero-order chi connectivity index (χ0) is 19.7. The number of nitrogens with zero attached hydrogens (tertiary/aromatic N) is 2. The van der Waals surface area contributed by atoms with Crippen molar-refractivity contribution in [3.05, 3.63) is 51.9 Å². The van der Waals surface area contributed by atoms with Crippen molar-refractivity contribution in [3.8, 4) is 11.5 Å². The monoisotopic (exact) mass is 369 g/mol. The van der Waals surface area contributed by atoms with Gasteiger partial charge in [-0.05, 0) is 42.3 Å². The molecule has 0 saturated heterocycles. The lowest BCUT2D eigenvalue weighted by atomic mass is 10.1. The van der Waals surface area contributed by atoms with Crippen LogP contribution in [0.25, 0.3) is 11.0 Å². The SMILES string of the molecule is COc1ccc(CC(=O)Nc2cc3c(cc2C)n(C)c(=O)n3C)cc1OC. The molecule has 7 heteroatoms. The zero-order valence-corrected chi connectivity index (χ0v) is 16.1. The van der Waals surface area contributed by atoms with E-state index in [1.54, 1.807) is 49.6 Å². The number of imidazole rings is 1. The van der Waals surface area contributed by atoms with E-state index in [9.17, 15) is 9.59 Å². The average molecular weight is 369 g/mol. The molecule has 2 aromatic carbocycles. The summed E-state index contributed by atoms with van der Waals surface area (Å²) in [6.07, 6.45) is 0.200. The lowest BCUT2D eigenvalue weighted by Gasteiger charge is -2.11. The first kappa shape index (κ1) is 18.6. The molecule has 142 valence electrons. The number of carbonyl (C=O) groups is 1. The van der Waals surface area contributed by atoms with Crippen LogP contribution in [0.3, 0.4) is 0 Å². The number of methoxy groups -OCH3 is 2. The fourth-order valence-electron chi connectivity index (χ4n) is 3.15. The van der Waals surface area contributed by atoms with Gasteiger partial charge in [-0.2, -0.15) is 0 Å². The van der Waals surface area contributed by atoms with E-state index in [0.29, 0.717) is 17.2 Å². The van der Waals surface area contributed by atoms with Crippen LogP contribution >= 0.6 is 0 Å². The number of ether oxygens (including phenoxy) is 2. The molecule has 0 radical (unpaired) electrons. The summed E-state index contributed by atoms with van der Waals surface area (Å²) in [6, 6.07) is 9.13. The lowest BCUT2D eigenvalue weighted by Crippen LogP contribution is -2.19. The summed E-state index contributed by atoms with van der Waals surface area (Å²) in [6.45, 7) is 1.91. The Kier molecular flexibility index (Phi) is 4.94. The molecule has 0 spiro atoms. The van der Waals surface area contributed by atoms with Crippen LogP contribution in [0.15, 0.2) is 35.1 Å². The van der Waals surface area contributed by atoms with Crippen molar-refractivity contribution in [1.82, 2.24) is 9.13 Å². The van der Waals surface area contributed by atoms with Gasteiger partial charge in [0.15, 0.2) is 11.5 Å². The van der Waals surface area contributed by atoms with Crippen molar-refractivity contribution in [2.45, 2.75) is 13.3 Å². The third-order valence-electron chi connectivity index (χ3n) is 4.70. The number of anilines is 1. The van der Waals surface area contributed by atoms with Crippen LogP contribution in [-0.4, -0.2) is 29.3 Å². The van der Waals surface area contributed by atoms with Gasteiger partial charge in [0, 0.05) is 19.8 Å². The van der Waals surface area contributed by atoms with Crippen molar-refractivity contribution < 1.29 is 14.3 Å². The summed E-state index contributed by atoms with van der Waals surface area (Å²) in [4.78, 5) is 24.6. The Balaban J connectivity index is 1.85. The molecule has 3 aromatic rings. The Labute approximate surface area is 157 Å². The third-order valence-corrected chi connectivity index (χ3v) is 4.70. The Bertz CT molecular complexity index is 1080. The number of fused-ring (bicyclic) bond motifs is 1. The van der Waals surface area contributed by atoms with E-state index in [1.807, 2.05) is 25.1 Å². The summed E-state index contributed by atoms with van der Waals surface area (Å²) in [5.41, 5.74) is 3.90. The first-order chi connectivity index (χ1) is 12.8. The minimum Gasteiger partial charge on any atom is -0.493 e. The maximum atomic E-state index is 12.5. The van der Waals surface area contributed by atoms with E-state index in [2.05, 4.69) is 5.32 Å². The predicted octanol–water partition coefficient (Wildman–Crippen LogP) is 2.38. The van der Waals surface area contributed by atoms with Crippen molar-refractivity contribution in [3.63, 3.8) is 0 Å². The van der Waals surface area contributed by atoms with Crippen molar-refractivity contribution in [2.24, 2.45) is 14.1 Å². The average Bonchev–Trinajstić information content (AvgIpc) is 2.86. The van der Waals surface area contributed by atoms with Gasteiger partial charge in [-0.15, -0.1) is 0 Å². The highest BCUT2D eigenvalue weighted by molar-refractivity contribution is 5.95. The molecule has 0 saturated carbocycles. The van der Waals surface area contributed by atoms with Gasteiger partial charge in [0.2, 0.25) is 5.91 Å². The quantitative estimate of drug-likeness (QED) is 0.749. The summed E-state index contributed by atoms with van der Waals surface area (Å²) in [5, 5.41) is 2.94. The second-order valence-corrected chi connectivity index (χ2v) is 6.47. The van der Waals surface area contributed by atoms with Gasteiger partial charge >= 0.3 is 5.69 Å². The Morgan fingerprint density at radius 1 is 1.00 bits per heavy atom. The molecule has 7 nitrogen and oxygen atoms in total. The van der Waals surface area contributed by atoms with Crippen molar-refractivity contribution in [2.75, 3.05) is 19.5 Å². The lowest BCUT2D eigenvalue weighted by molar-refractivity contribution is -0.115. The minimum atomic E-state index is -0.148. The highest BCUT2D eigenvalue weighted by Gasteiger charge is 2.13. The summed E-state index contributed by atoms with van der Waals surface area (Å²) >= 11 is 0. The molecule has 1 amide bonds. The Morgan fingerprint density at radius 2 is 1.63 bits per heavy atom. The van der Waals surface area contributed by atoms with Crippen molar-refractivity contribution in [1.29, 1.82) is 0 Å². The zero-order valence-electron chi connectivity index (χ0n) is 16.1. The molecular weight excluding hydrogens is 346 g/mol. The van der Waals surface area contributed by atoms with Crippen LogP contribution in [0.4, 0.5) is 5.69 Å². The molecule has 0 atom stereocenters. The maximum Gasteiger partial charge on any atom is 0.328 e. The highest BCUT2D eigenvalue weighted by atomic mass is 16.5. The first-order valence-corrected chi connectivity index (χ1v) is 8.52. The summed E-state index contributed by atoms with van der Waals surface area (Å²) in [7, 11) is 6.58. The maximum absolute atomic E-state index is 12.5. The van der Waals surface area contributed by atoms with E-state index in [1.165, 1.54) is 0 Å². The van der Waals surface area contributed by atoms with E-state index < -0.39 is 0 Å². The van der Waals surface area contributed by atoms with Crippen LogP contribution < -0.4 is 20.5 Å². The number of hydrogen-bond donors (Lipinski definition) is 1. The third kappa shape index (κ3) is 3.40. The molecule has 1 heterocycles. The molecule has 0 fully saturated rings. The minimum absolute atomic E-state index is 0.0989.